The van der Waals surface area contributed by atoms with Crippen LogP contribution in [0.2, 0.25) is 0 Å². The minimum Gasteiger partial charge on any atom is -0.332 e. The first-order valence-corrected chi connectivity index (χ1v) is 8.17. The molecule has 4 rings (SSSR count). The highest BCUT2D eigenvalue weighted by Gasteiger charge is 2.24. The fourth-order valence-corrected chi connectivity index (χ4v) is 3.22. The molecule has 0 fully saturated rings. The second-order valence-electron chi connectivity index (χ2n) is 6.20. The molecule has 0 spiro atoms. The molecule has 0 unspecified atom stereocenters. The molecule has 0 bridgehead atoms. The molecule has 1 aromatic carbocycles. The predicted octanol–water partition coefficient (Wildman–Crippen LogP) is 0.647. The highest BCUT2D eigenvalue weighted by atomic mass is 16.2. The van der Waals surface area contributed by atoms with Crippen LogP contribution in [0.25, 0.3) is 10.9 Å². The Labute approximate surface area is 143 Å². The van der Waals surface area contributed by atoms with Gasteiger partial charge in [-0.3, -0.25) is 14.2 Å². The SMILES string of the molecule is Cc1nnc2n1CCN(C(=O)Cn1c(C)nc3ccccc3c1=O)C2. The van der Waals surface area contributed by atoms with Crippen LogP contribution in [0.15, 0.2) is 29.1 Å². The predicted molar refractivity (Wildman–Crippen MR) is 90.9 cm³/mol. The van der Waals surface area contributed by atoms with Gasteiger partial charge in [0, 0.05) is 13.1 Å². The molecule has 0 saturated heterocycles. The summed E-state index contributed by atoms with van der Waals surface area (Å²) >= 11 is 0. The van der Waals surface area contributed by atoms with Gasteiger partial charge in [0.15, 0.2) is 5.82 Å². The number of hydrogen-bond acceptors (Lipinski definition) is 5. The lowest BCUT2D eigenvalue weighted by Crippen LogP contribution is -2.42. The number of carbonyl (C=O) groups is 1. The summed E-state index contributed by atoms with van der Waals surface area (Å²) in [6.07, 6.45) is 0. The third-order valence-electron chi connectivity index (χ3n) is 4.64. The number of rotatable bonds is 2. The van der Waals surface area contributed by atoms with E-state index in [0.717, 1.165) is 11.6 Å². The number of benzene rings is 1. The van der Waals surface area contributed by atoms with E-state index in [-0.39, 0.29) is 18.0 Å². The fraction of sp³-hybridized carbons (Fsp3) is 0.353. The monoisotopic (exact) mass is 338 g/mol. The number of para-hydroxylation sites is 1. The second-order valence-corrected chi connectivity index (χ2v) is 6.20. The molecule has 128 valence electrons. The van der Waals surface area contributed by atoms with Crippen LogP contribution in [0.4, 0.5) is 0 Å². The molecule has 0 atom stereocenters. The van der Waals surface area contributed by atoms with E-state index in [0.29, 0.717) is 36.4 Å². The molecule has 0 radical (unpaired) electrons. The number of aryl methyl sites for hydroxylation is 2. The molecular weight excluding hydrogens is 320 g/mol. The second kappa shape index (κ2) is 5.80. The van der Waals surface area contributed by atoms with Gasteiger partial charge in [0.1, 0.15) is 18.2 Å². The Balaban J connectivity index is 1.61. The summed E-state index contributed by atoms with van der Waals surface area (Å²) < 4.78 is 3.45. The largest absolute Gasteiger partial charge is 0.332 e. The maximum absolute atomic E-state index is 12.7. The minimum atomic E-state index is -0.188. The van der Waals surface area contributed by atoms with Gasteiger partial charge in [-0.2, -0.15) is 0 Å². The van der Waals surface area contributed by atoms with Crippen molar-refractivity contribution in [1.29, 1.82) is 0 Å². The van der Waals surface area contributed by atoms with E-state index in [2.05, 4.69) is 15.2 Å². The number of nitrogens with zero attached hydrogens (tertiary/aromatic N) is 6. The fourth-order valence-electron chi connectivity index (χ4n) is 3.22. The number of fused-ring (bicyclic) bond motifs is 2. The van der Waals surface area contributed by atoms with Gasteiger partial charge in [0.25, 0.3) is 5.56 Å². The number of hydrogen-bond donors (Lipinski definition) is 0. The van der Waals surface area contributed by atoms with Crippen molar-refractivity contribution in [3.63, 3.8) is 0 Å². The zero-order valence-electron chi connectivity index (χ0n) is 14.1. The van der Waals surface area contributed by atoms with E-state index in [9.17, 15) is 9.59 Å². The van der Waals surface area contributed by atoms with Gasteiger partial charge in [-0.25, -0.2) is 4.98 Å². The summed E-state index contributed by atoms with van der Waals surface area (Å²) in [5.41, 5.74) is 0.461. The molecule has 0 N–H and O–H groups in total. The summed E-state index contributed by atoms with van der Waals surface area (Å²) in [4.78, 5) is 31.6. The maximum Gasteiger partial charge on any atom is 0.261 e. The summed E-state index contributed by atoms with van der Waals surface area (Å²) in [6.45, 7) is 5.29. The van der Waals surface area contributed by atoms with Gasteiger partial charge >= 0.3 is 0 Å². The Morgan fingerprint density at radius 3 is 2.76 bits per heavy atom. The molecule has 0 saturated carbocycles. The Morgan fingerprint density at radius 1 is 1.12 bits per heavy atom. The smallest absolute Gasteiger partial charge is 0.261 e. The van der Waals surface area contributed by atoms with Gasteiger partial charge in [-0.15, -0.1) is 10.2 Å². The van der Waals surface area contributed by atoms with Crippen molar-refractivity contribution in [2.45, 2.75) is 33.5 Å². The highest BCUT2D eigenvalue weighted by molar-refractivity contribution is 5.79. The van der Waals surface area contributed by atoms with Crippen molar-refractivity contribution in [1.82, 2.24) is 29.2 Å². The third kappa shape index (κ3) is 2.59. The first-order chi connectivity index (χ1) is 12.0. The standard InChI is InChI=1S/C17H18N6O2/c1-11-18-14-6-4-3-5-13(14)17(25)23(11)10-16(24)21-7-8-22-12(2)19-20-15(22)9-21/h3-6H,7-10H2,1-2H3. The lowest BCUT2D eigenvalue weighted by Gasteiger charge is -2.28. The molecule has 8 nitrogen and oxygen atoms in total. The van der Waals surface area contributed by atoms with E-state index in [1.54, 1.807) is 30.0 Å². The van der Waals surface area contributed by atoms with Crippen molar-refractivity contribution >= 4 is 16.8 Å². The Hall–Kier alpha value is -3.03. The zero-order chi connectivity index (χ0) is 17.6. The Bertz CT molecular complexity index is 1040. The van der Waals surface area contributed by atoms with Crippen LogP contribution in [-0.4, -0.2) is 41.7 Å². The van der Waals surface area contributed by atoms with E-state index in [1.165, 1.54) is 4.57 Å². The van der Waals surface area contributed by atoms with E-state index < -0.39 is 0 Å². The first-order valence-electron chi connectivity index (χ1n) is 8.17. The molecule has 8 heteroatoms. The van der Waals surface area contributed by atoms with Gasteiger partial charge in [0.05, 0.1) is 17.4 Å². The van der Waals surface area contributed by atoms with Crippen molar-refractivity contribution in [2.24, 2.45) is 0 Å². The van der Waals surface area contributed by atoms with Gasteiger partial charge in [-0.05, 0) is 26.0 Å². The van der Waals surface area contributed by atoms with Gasteiger partial charge in [-0.1, -0.05) is 12.1 Å². The average Bonchev–Trinajstić information content (AvgIpc) is 2.99. The van der Waals surface area contributed by atoms with Crippen molar-refractivity contribution in [3.8, 4) is 0 Å². The molecule has 3 aromatic rings. The third-order valence-corrected chi connectivity index (χ3v) is 4.64. The molecule has 25 heavy (non-hydrogen) atoms. The Kier molecular flexibility index (Phi) is 3.60. The van der Waals surface area contributed by atoms with Crippen LogP contribution in [0.3, 0.4) is 0 Å². The van der Waals surface area contributed by atoms with Crippen LogP contribution in [-0.2, 0) is 24.4 Å². The normalized spacial score (nSPS) is 13.9. The molecule has 1 aliphatic rings. The van der Waals surface area contributed by atoms with Crippen molar-refractivity contribution < 1.29 is 4.79 Å². The van der Waals surface area contributed by atoms with E-state index in [1.807, 2.05) is 17.6 Å². The average molecular weight is 338 g/mol. The van der Waals surface area contributed by atoms with E-state index >= 15 is 0 Å². The van der Waals surface area contributed by atoms with Crippen LogP contribution < -0.4 is 5.56 Å². The van der Waals surface area contributed by atoms with Gasteiger partial charge in [0.2, 0.25) is 5.91 Å². The highest BCUT2D eigenvalue weighted by Crippen LogP contribution is 2.13. The molecule has 3 heterocycles. The summed E-state index contributed by atoms with van der Waals surface area (Å²) in [5, 5.41) is 8.68. The minimum absolute atomic E-state index is 0.0182. The lowest BCUT2D eigenvalue weighted by molar-refractivity contribution is -0.133. The molecule has 0 aliphatic carbocycles. The molecule has 2 aromatic heterocycles. The quantitative estimate of drug-likeness (QED) is 0.685. The van der Waals surface area contributed by atoms with Gasteiger partial charge < -0.3 is 9.47 Å². The van der Waals surface area contributed by atoms with Crippen LogP contribution in [0, 0.1) is 13.8 Å². The summed E-state index contributed by atoms with van der Waals surface area (Å²) in [5.74, 6) is 2.05. The summed E-state index contributed by atoms with van der Waals surface area (Å²) in [6, 6.07) is 7.18. The topological polar surface area (TPSA) is 85.9 Å². The lowest BCUT2D eigenvalue weighted by atomic mass is 10.2. The first kappa shape index (κ1) is 15.5. The zero-order valence-corrected chi connectivity index (χ0v) is 14.1. The molecular formula is C17H18N6O2. The van der Waals surface area contributed by atoms with Crippen LogP contribution in [0.5, 0.6) is 0 Å². The van der Waals surface area contributed by atoms with Crippen LogP contribution in [0.1, 0.15) is 17.5 Å². The number of carbonyl (C=O) groups excluding carboxylic acids is 1. The Morgan fingerprint density at radius 2 is 1.92 bits per heavy atom. The number of amides is 1. The van der Waals surface area contributed by atoms with Crippen molar-refractivity contribution in [2.75, 3.05) is 6.54 Å². The van der Waals surface area contributed by atoms with Crippen molar-refractivity contribution in [3.05, 3.63) is 52.1 Å². The number of aromatic nitrogens is 5. The van der Waals surface area contributed by atoms with E-state index in [4.69, 9.17) is 0 Å². The molecule has 1 amide bonds. The van der Waals surface area contributed by atoms with Crippen LogP contribution >= 0.6 is 0 Å². The maximum atomic E-state index is 12.7. The summed E-state index contributed by atoms with van der Waals surface area (Å²) in [7, 11) is 0. The molecule has 1 aliphatic heterocycles.